The van der Waals surface area contributed by atoms with E-state index in [2.05, 4.69) is 16.0 Å². The van der Waals surface area contributed by atoms with E-state index in [1.165, 1.54) is 12.1 Å². The fourth-order valence-electron chi connectivity index (χ4n) is 2.97. The van der Waals surface area contributed by atoms with Crippen LogP contribution in [0.2, 0.25) is 0 Å². The minimum Gasteiger partial charge on any atom is -0.508 e. The zero-order chi connectivity index (χ0) is 25.0. The number of carboxylic acid groups (broad SMARTS) is 1. The topological polar surface area (TPSA) is 197 Å². The molecular weight excluding hydrogens is 430 g/mol. The molecule has 1 rings (SSSR count). The summed E-state index contributed by atoms with van der Waals surface area (Å²) in [6, 6.07) is 3.27. The average molecular weight is 466 g/mol. The highest BCUT2D eigenvalue weighted by atomic mass is 16.4. The number of unbranched alkanes of at least 4 members (excludes halogenated alkanes) is 1. The van der Waals surface area contributed by atoms with Crippen molar-refractivity contribution in [3.63, 3.8) is 0 Å². The number of phenolic OH excluding ortho intramolecular Hbond substituents is 1. The first-order valence-electron chi connectivity index (χ1n) is 10.9. The van der Waals surface area contributed by atoms with Crippen LogP contribution in [0.4, 0.5) is 0 Å². The number of carbonyl (C=O) groups is 4. The highest BCUT2D eigenvalue weighted by Gasteiger charge is 2.29. The highest BCUT2D eigenvalue weighted by molar-refractivity contribution is 5.93. The summed E-state index contributed by atoms with van der Waals surface area (Å²) in [6.45, 7) is 3.38. The van der Waals surface area contributed by atoms with Gasteiger partial charge >= 0.3 is 5.97 Å². The number of rotatable bonds is 14. The maximum absolute atomic E-state index is 13.1. The second kappa shape index (κ2) is 14.1. The van der Waals surface area contributed by atoms with Crippen molar-refractivity contribution in [2.45, 2.75) is 57.7 Å². The molecule has 0 radical (unpaired) electrons. The SMILES string of the molecule is CC(C)C(N)C(=O)NC(Cc1ccc(O)cc1)C(=O)NC(CCCCN)C(=O)NCC(=O)O. The van der Waals surface area contributed by atoms with Gasteiger partial charge in [-0.1, -0.05) is 26.0 Å². The van der Waals surface area contributed by atoms with Crippen LogP contribution in [-0.2, 0) is 25.6 Å². The fraction of sp³-hybridized carbons (Fsp3) is 0.545. The van der Waals surface area contributed by atoms with Gasteiger partial charge in [0.25, 0.3) is 0 Å². The molecule has 33 heavy (non-hydrogen) atoms. The van der Waals surface area contributed by atoms with Gasteiger partial charge in [-0.05, 0) is 49.4 Å². The molecule has 0 aromatic heterocycles. The van der Waals surface area contributed by atoms with Gasteiger partial charge in [-0.25, -0.2) is 0 Å². The Morgan fingerprint density at radius 2 is 1.55 bits per heavy atom. The quantitative estimate of drug-likeness (QED) is 0.174. The summed E-state index contributed by atoms with van der Waals surface area (Å²) in [5.74, 6) is -3.09. The molecular formula is C22H35N5O6. The van der Waals surface area contributed by atoms with Crippen molar-refractivity contribution < 1.29 is 29.4 Å². The lowest BCUT2D eigenvalue weighted by Gasteiger charge is -2.25. The monoisotopic (exact) mass is 465 g/mol. The van der Waals surface area contributed by atoms with Gasteiger partial charge in [-0.15, -0.1) is 0 Å². The molecule has 1 aromatic rings. The number of hydrogen-bond donors (Lipinski definition) is 7. The van der Waals surface area contributed by atoms with E-state index in [1.807, 2.05) is 0 Å². The minimum atomic E-state index is -1.21. The lowest BCUT2D eigenvalue weighted by atomic mass is 10.0. The average Bonchev–Trinajstić information content (AvgIpc) is 2.76. The minimum absolute atomic E-state index is 0.0562. The van der Waals surface area contributed by atoms with Crippen LogP contribution in [0.25, 0.3) is 0 Å². The second-order valence-corrected chi connectivity index (χ2v) is 8.16. The van der Waals surface area contributed by atoms with Crippen molar-refractivity contribution in [2.24, 2.45) is 17.4 Å². The maximum atomic E-state index is 13.1. The number of benzene rings is 1. The normalized spacial score (nSPS) is 13.6. The predicted octanol–water partition coefficient (Wildman–Crippen LogP) is -0.783. The summed E-state index contributed by atoms with van der Waals surface area (Å²) in [5, 5.41) is 25.8. The van der Waals surface area contributed by atoms with Crippen LogP contribution >= 0.6 is 0 Å². The zero-order valence-corrected chi connectivity index (χ0v) is 19.0. The maximum Gasteiger partial charge on any atom is 0.322 e. The molecule has 1 aromatic carbocycles. The molecule has 0 bridgehead atoms. The summed E-state index contributed by atoms with van der Waals surface area (Å²) in [6.07, 6.45) is 1.50. The summed E-state index contributed by atoms with van der Waals surface area (Å²) < 4.78 is 0. The standard InChI is InChI=1S/C22H35N5O6/c1-13(2)19(24)22(33)27-17(11-14-6-8-15(28)9-7-14)21(32)26-16(5-3-4-10-23)20(31)25-12-18(29)30/h6-9,13,16-17,19,28H,3-5,10-12,23-24H2,1-2H3,(H,25,31)(H,26,32)(H,27,33)(H,29,30). The largest absolute Gasteiger partial charge is 0.508 e. The Bertz CT molecular complexity index is 799. The smallest absolute Gasteiger partial charge is 0.322 e. The van der Waals surface area contributed by atoms with E-state index in [4.69, 9.17) is 16.6 Å². The van der Waals surface area contributed by atoms with E-state index < -0.39 is 48.4 Å². The van der Waals surface area contributed by atoms with Crippen molar-refractivity contribution in [1.82, 2.24) is 16.0 Å². The Kier molecular flexibility index (Phi) is 11.9. The molecule has 11 heteroatoms. The van der Waals surface area contributed by atoms with Crippen molar-refractivity contribution in [3.05, 3.63) is 29.8 Å². The van der Waals surface area contributed by atoms with E-state index >= 15 is 0 Å². The number of hydrogen-bond acceptors (Lipinski definition) is 7. The molecule has 9 N–H and O–H groups in total. The summed E-state index contributed by atoms with van der Waals surface area (Å²) in [5.41, 5.74) is 12.1. The first kappa shape index (κ1) is 27.9. The molecule has 3 unspecified atom stereocenters. The third-order valence-corrected chi connectivity index (χ3v) is 5.02. The molecule has 0 saturated heterocycles. The highest BCUT2D eigenvalue weighted by Crippen LogP contribution is 2.12. The van der Waals surface area contributed by atoms with Gasteiger partial charge in [0, 0.05) is 6.42 Å². The number of nitrogens with one attached hydrogen (secondary N) is 3. The Labute approximate surface area is 193 Å². The molecule has 0 saturated carbocycles. The number of amides is 3. The van der Waals surface area contributed by atoms with Crippen LogP contribution in [0.3, 0.4) is 0 Å². The molecule has 184 valence electrons. The lowest BCUT2D eigenvalue weighted by molar-refractivity contribution is -0.138. The molecule has 0 fully saturated rings. The molecule has 0 aliphatic rings. The van der Waals surface area contributed by atoms with Gasteiger partial charge in [0.05, 0.1) is 6.04 Å². The van der Waals surface area contributed by atoms with Crippen molar-refractivity contribution in [2.75, 3.05) is 13.1 Å². The predicted molar refractivity (Wildman–Crippen MR) is 122 cm³/mol. The lowest BCUT2D eigenvalue weighted by Crippen LogP contribution is -2.57. The van der Waals surface area contributed by atoms with Crippen LogP contribution in [-0.4, -0.2) is 65.1 Å². The molecule has 3 amide bonds. The molecule has 0 heterocycles. The van der Waals surface area contributed by atoms with Gasteiger partial charge < -0.3 is 37.6 Å². The Morgan fingerprint density at radius 3 is 2.09 bits per heavy atom. The van der Waals surface area contributed by atoms with E-state index in [1.54, 1.807) is 26.0 Å². The van der Waals surface area contributed by atoms with Gasteiger partial charge in [0.15, 0.2) is 0 Å². The second-order valence-electron chi connectivity index (χ2n) is 8.16. The number of carboxylic acids is 1. The number of nitrogens with two attached hydrogens (primary N) is 2. The van der Waals surface area contributed by atoms with Gasteiger partial charge in [0.2, 0.25) is 17.7 Å². The van der Waals surface area contributed by atoms with Gasteiger partial charge in [-0.3, -0.25) is 19.2 Å². The Balaban J connectivity index is 3.03. The molecule has 0 aliphatic heterocycles. The van der Waals surface area contributed by atoms with Crippen LogP contribution in [0.1, 0.15) is 38.7 Å². The van der Waals surface area contributed by atoms with E-state index in [-0.39, 0.29) is 24.5 Å². The Morgan fingerprint density at radius 1 is 0.939 bits per heavy atom. The third kappa shape index (κ3) is 10.3. The van der Waals surface area contributed by atoms with E-state index in [0.717, 1.165) is 0 Å². The molecule has 0 aliphatic carbocycles. The van der Waals surface area contributed by atoms with Crippen LogP contribution in [0, 0.1) is 5.92 Å². The van der Waals surface area contributed by atoms with E-state index in [0.29, 0.717) is 24.9 Å². The number of aliphatic carboxylic acids is 1. The summed E-state index contributed by atoms with van der Waals surface area (Å²) in [4.78, 5) is 48.9. The number of carbonyl (C=O) groups excluding carboxylic acids is 3. The first-order valence-corrected chi connectivity index (χ1v) is 10.9. The molecule has 11 nitrogen and oxygen atoms in total. The molecule has 3 atom stereocenters. The van der Waals surface area contributed by atoms with Gasteiger partial charge in [-0.2, -0.15) is 0 Å². The van der Waals surface area contributed by atoms with Crippen LogP contribution in [0.5, 0.6) is 5.75 Å². The molecule has 0 spiro atoms. The zero-order valence-electron chi connectivity index (χ0n) is 19.0. The first-order chi connectivity index (χ1) is 15.5. The fourth-order valence-corrected chi connectivity index (χ4v) is 2.97. The number of aromatic hydroxyl groups is 1. The number of phenols is 1. The third-order valence-electron chi connectivity index (χ3n) is 5.02. The van der Waals surface area contributed by atoms with Crippen LogP contribution < -0.4 is 27.4 Å². The van der Waals surface area contributed by atoms with Crippen molar-refractivity contribution in [1.29, 1.82) is 0 Å². The van der Waals surface area contributed by atoms with Gasteiger partial charge in [0.1, 0.15) is 24.4 Å². The van der Waals surface area contributed by atoms with Crippen LogP contribution in [0.15, 0.2) is 24.3 Å². The van der Waals surface area contributed by atoms with Crippen molar-refractivity contribution in [3.8, 4) is 5.75 Å². The van der Waals surface area contributed by atoms with Crippen molar-refractivity contribution >= 4 is 23.7 Å². The van der Waals surface area contributed by atoms with E-state index in [9.17, 15) is 24.3 Å². The summed E-state index contributed by atoms with van der Waals surface area (Å²) >= 11 is 0. The summed E-state index contributed by atoms with van der Waals surface area (Å²) in [7, 11) is 0. The Hall–Kier alpha value is -3.18.